The van der Waals surface area contributed by atoms with Gasteiger partial charge in [0.1, 0.15) is 0 Å². The monoisotopic (exact) mass is 376 g/mol. The van der Waals surface area contributed by atoms with Crippen molar-refractivity contribution in [1.29, 1.82) is 0 Å². The van der Waals surface area contributed by atoms with Gasteiger partial charge in [-0.05, 0) is 43.2 Å². The maximum atomic E-state index is 12.3. The standard InChI is InChI=1S/C24H28N2O2/c27-23(25-17-16-19-10-4-1-5-11-19)24(28)26-18-22(20-12-6-2-7-13-20)21-14-8-3-9-15-21/h2-3,6-10,12-15,22H,1,4-5,11,16-18H2,(H,25,27)(H,26,28). The number of hydrogen-bond donors (Lipinski definition) is 2. The van der Waals surface area contributed by atoms with E-state index >= 15 is 0 Å². The van der Waals surface area contributed by atoms with Crippen LogP contribution in [0.25, 0.3) is 0 Å². The summed E-state index contributed by atoms with van der Waals surface area (Å²) >= 11 is 0. The van der Waals surface area contributed by atoms with Crippen LogP contribution in [0.5, 0.6) is 0 Å². The molecule has 0 spiro atoms. The van der Waals surface area contributed by atoms with Gasteiger partial charge in [0.2, 0.25) is 0 Å². The molecule has 1 aliphatic rings. The number of carbonyl (C=O) groups excluding carboxylic acids is 2. The SMILES string of the molecule is O=C(NCCC1=CCCCC1)C(=O)NCC(c1ccccc1)c1ccccc1. The van der Waals surface area contributed by atoms with Gasteiger partial charge in [-0.3, -0.25) is 9.59 Å². The average molecular weight is 377 g/mol. The molecule has 0 saturated carbocycles. The summed E-state index contributed by atoms with van der Waals surface area (Å²) in [4.78, 5) is 24.4. The van der Waals surface area contributed by atoms with Crippen LogP contribution in [-0.2, 0) is 9.59 Å². The molecule has 0 radical (unpaired) electrons. The van der Waals surface area contributed by atoms with Gasteiger partial charge < -0.3 is 10.6 Å². The first kappa shape index (κ1) is 19.9. The van der Waals surface area contributed by atoms with E-state index < -0.39 is 11.8 Å². The Morgan fingerprint density at radius 3 is 2.00 bits per heavy atom. The second-order valence-electron chi connectivity index (χ2n) is 7.20. The molecule has 0 heterocycles. The summed E-state index contributed by atoms with van der Waals surface area (Å²) in [6.45, 7) is 0.893. The quantitative estimate of drug-likeness (QED) is 0.568. The lowest BCUT2D eigenvalue weighted by atomic mass is 9.91. The van der Waals surface area contributed by atoms with Crippen molar-refractivity contribution >= 4 is 11.8 Å². The minimum Gasteiger partial charge on any atom is -0.348 e. The fraction of sp³-hybridized carbons (Fsp3) is 0.333. The van der Waals surface area contributed by atoms with Gasteiger partial charge >= 0.3 is 11.8 Å². The highest BCUT2D eigenvalue weighted by atomic mass is 16.2. The van der Waals surface area contributed by atoms with Crippen molar-refractivity contribution in [3.63, 3.8) is 0 Å². The van der Waals surface area contributed by atoms with E-state index in [0.29, 0.717) is 13.1 Å². The third-order valence-electron chi connectivity index (χ3n) is 5.19. The Balaban J connectivity index is 1.53. The lowest BCUT2D eigenvalue weighted by Gasteiger charge is -2.19. The van der Waals surface area contributed by atoms with E-state index in [2.05, 4.69) is 16.7 Å². The topological polar surface area (TPSA) is 58.2 Å². The Hall–Kier alpha value is -2.88. The molecule has 146 valence electrons. The first-order valence-electron chi connectivity index (χ1n) is 10.1. The Labute approximate surface area is 167 Å². The molecule has 2 N–H and O–H groups in total. The van der Waals surface area contributed by atoms with Crippen molar-refractivity contribution in [2.75, 3.05) is 13.1 Å². The Kier molecular flexibility index (Phi) is 7.42. The van der Waals surface area contributed by atoms with Crippen molar-refractivity contribution in [1.82, 2.24) is 10.6 Å². The molecular weight excluding hydrogens is 348 g/mol. The summed E-state index contributed by atoms with van der Waals surface area (Å²) in [5, 5.41) is 5.54. The van der Waals surface area contributed by atoms with Gasteiger partial charge in [0.25, 0.3) is 0 Å². The number of amides is 2. The zero-order chi connectivity index (χ0) is 19.6. The largest absolute Gasteiger partial charge is 0.348 e. The summed E-state index contributed by atoms with van der Waals surface area (Å²) in [7, 11) is 0. The maximum absolute atomic E-state index is 12.3. The van der Waals surface area contributed by atoms with Crippen molar-refractivity contribution in [2.24, 2.45) is 0 Å². The number of rotatable bonds is 7. The molecule has 4 nitrogen and oxygen atoms in total. The molecule has 2 aromatic carbocycles. The zero-order valence-electron chi connectivity index (χ0n) is 16.2. The molecule has 0 unspecified atom stereocenters. The maximum Gasteiger partial charge on any atom is 0.309 e. The summed E-state index contributed by atoms with van der Waals surface area (Å²) in [6.07, 6.45) is 7.81. The Morgan fingerprint density at radius 2 is 1.43 bits per heavy atom. The van der Waals surface area contributed by atoms with Crippen molar-refractivity contribution < 1.29 is 9.59 Å². The predicted molar refractivity (Wildman–Crippen MR) is 112 cm³/mol. The smallest absolute Gasteiger partial charge is 0.309 e. The van der Waals surface area contributed by atoms with Gasteiger partial charge in [-0.1, -0.05) is 72.3 Å². The molecule has 1 aliphatic carbocycles. The minimum atomic E-state index is -0.575. The molecule has 28 heavy (non-hydrogen) atoms. The highest BCUT2D eigenvalue weighted by Crippen LogP contribution is 2.23. The lowest BCUT2D eigenvalue weighted by Crippen LogP contribution is -2.41. The molecule has 0 atom stereocenters. The normalized spacial score (nSPS) is 13.7. The van der Waals surface area contributed by atoms with Crippen LogP contribution in [0.15, 0.2) is 72.3 Å². The van der Waals surface area contributed by atoms with Crippen molar-refractivity contribution in [3.05, 3.63) is 83.4 Å². The molecule has 3 rings (SSSR count). The van der Waals surface area contributed by atoms with Gasteiger partial charge in [-0.15, -0.1) is 0 Å². The van der Waals surface area contributed by atoms with E-state index in [1.165, 1.54) is 18.4 Å². The molecule has 0 bridgehead atoms. The first-order valence-corrected chi connectivity index (χ1v) is 10.1. The number of allylic oxidation sites excluding steroid dienone is 1. The Morgan fingerprint density at radius 1 is 0.821 bits per heavy atom. The van der Waals surface area contributed by atoms with Crippen LogP contribution in [0.4, 0.5) is 0 Å². The summed E-state index contributed by atoms with van der Waals surface area (Å²) in [5.41, 5.74) is 3.61. The highest BCUT2D eigenvalue weighted by Gasteiger charge is 2.18. The molecule has 0 saturated heterocycles. The van der Waals surface area contributed by atoms with Crippen LogP contribution in [0.3, 0.4) is 0 Å². The second kappa shape index (κ2) is 10.5. The van der Waals surface area contributed by atoms with Crippen molar-refractivity contribution in [2.45, 2.75) is 38.0 Å². The fourth-order valence-electron chi connectivity index (χ4n) is 3.62. The van der Waals surface area contributed by atoms with E-state index in [9.17, 15) is 9.59 Å². The fourth-order valence-corrected chi connectivity index (χ4v) is 3.62. The first-order chi connectivity index (χ1) is 13.7. The predicted octanol–water partition coefficient (Wildman–Crippen LogP) is 3.94. The third-order valence-corrected chi connectivity index (χ3v) is 5.19. The van der Waals surface area contributed by atoms with E-state index in [0.717, 1.165) is 30.4 Å². The van der Waals surface area contributed by atoms with Gasteiger partial charge in [0.05, 0.1) is 0 Å². The minimum absolute atomic E-state index is 0.00606. The number of carbonyl (C=O) groups is 2. The van der Waals surface area contributed by atoms with Crippen LogP contribution in [-0.4, -0.2) is 24.9 Å². The lowest BCUT2D eigenvalue weighted by molar-refractivity contribution is -0.139. The summed E-state index contributed by atoms with van der Waals surface area (Å²) in [6, 6.07) is 20.1. The van der Waals surface area contributed by atoms with Gasteiger partial charge in [0.15, 0.2) is 0 Å². The molecular formula is C24H28N2O2. The number of hydrogen-bond acceptors (Lipinski definition) is 2. The molecule has 0 aliphatic heterocycles. The number of nitrogens with one attached hydrogen (secondary N) is 2. The second-order valence-corrected chi connectivity index (χ2v) is 7.20. The van der Waals surface area contributed by atoms with Crippen LogP contribution in [0.1, 0.15) is 49.1 Å². The summed E-state index contributed by atoms with van der Waals surface area (Å²) < 4.78 is 0. The van der Waals surface area contributed by atoms with Crippen LogP contribution >= 0.6 is 0 Å². The molecule has 0 fully saturated rings. The van der Waals surface area contributed by atoms with Gasteiger partial charge in [0, 0.05) is 19.0 Å². The molecule has 2 amide bonds. The van der Waals surface area contributed by atoms with Crippen LogP contribution in [0.2, 0.25) is 0 Å². The van der Waals surface area contributed by atoms with Gasteiger partial charge in [-0.2, -0.15) is 0 Å². The number of benzene rings is 2. The average Bonchev–Trinajstić information content (AvgIpc) is 2.76. The highest BCUT2D eigenvalue weighted by molar-refractivity contribution is 6.35. The van der Waals surface area contributed by atoms with E-state index in [4.69, 9.17) is 0 Å². The van der Waals surface area contributed by atoms with E-state index in [1.807, 2.05) is 60.7 Å². The molecule has 2 aromatic rings. The molecule has 4 heteroatoms. The van der Waals surface area contributed by atoms with E-state index in [-0.39, 0.29) is 5.92 Å². The zero-order valence-corrected chi connectivity index (χ0v) is 16.2. The van der Waals surface area contributed by atoms with Crippen LogP contribution < -0.4 is 10.6 Å². The van der Waals surface area contributed by atoms with Gasteiger partial charge in [-0.25, -0.2) is 0 Å². The van der Waals surface area contributed by atoms with Crippen molar-refractivity contribution in [3.8, 4) is 0 Å². The Bertz CT molecular complexity index is 760. The van der Waals surface area contributed by atoms with Crippen LogP contribution in [0, 0.1) is 0 Å². The summed E-state index contributed by atoms with van der Waals surface area (Å²) in [5.74, 6) is -1.13. The molecule has 0 aromatic heterocycles. The van der Waals surface area contributed by atoms with E-state index in [1.54, 1.807) is 0 Å². The third kappa shape index (κ3) is 5.81.